The Bertz CT molecular complexity index is 1280. The molecule has 0 aliphatic rings. The number of anilines is 1. The van der Waals surface area contributed by atoms with Gasteiger partial charge in [-0.15, -0.1) is 5.10 Å². The quantitative estimate of drug-likeness (QED) is 0.368. The Hall–Kier alpha value is -3.58. The number of H-pyrrole nitrogens is 1. The molecule has 0 saturated carbocycles. The smallest absolute Gasteiger partial charge is 0.325 e. The van der Waals surface area contributed by atoms with E-state index in [2.05, 4.69) is 15.5 Å². The van der Waals surface area contributed by atoms with Gasteiger partial charge in [0, 0.05) is 12.2 Å². The number of thioether (sulfide) groups is 1. The molecule has 1 amide bonds. The maximum atomic E-state index is 13.4. The molecular weight excluding hydrogens is 432 g/mol. The van der Waals surface area contributed by atoms with Crippen molar-refractivity contribution in [3.63, 3.8) is 0 Å². The highest BCUT2D eigenvalue weighted by Gasteiger charge is 2.25. The number of carbonyl (C=O) groups excluding carboxylic acids is 1. The molecule has 0 bridgehead atoms. The molecule has 0 saturated heterocycles. The van der Waals surface area contributed by atoms with Crippen LogP contribution in [0.1, 0.15) is 27.5 Å². The van der Waals surface area contributed by atoms with Crippen LogP contribution >= 0.6 is 11.8 Å². The summed E-state index contributed by atoms with van der Waals surface area (Å²) in [5.41, 5.74) is 4.54. The molecule has 3 aromatic carbocycles. The van der Waals surface area contributed by atoms with E-state index in [4.69, 9.17) is 0 Å². The molecule has 0 spiro atoms. The molecule has 4 aromatic rings. The Balaban J connectivity index is 1.60. The monoisotopic (exact) mass is 458 g/mol. The van der Waals surface area contributed by atoms with Crippen LogP contribution in [0.3, 0.4) is 0 Å². The number of nitrogens with zero attached hydrogens (tertiary/aromatic N) is 2. The summed E-state index contributed by atoms with van der Waals surface area (Å²) in [6, 6.07) is 25.5. The minimum Gasteiger partial charge on any atom is -0.325 e. The topological polar surface area (TPSA) is 79.8 Å². The van der Waals surface area contributed by atoms with Gasteiger partial charge in [0.15, 0.2) is 5.16 Å². The second-order valence-corrected chi connectivity index (χ2v) is 8.99. The van der Waals surface area contributed by atoms with Gasteiger partial charge in [-0.25, -0.2) is 9.89 Å². The Kier molecular flexibility index (Phi) is 7.10. The van der Waals surface area contributed by atoms with Crippen LogP contribution in [0.15, 0.2) is 88.8 Å². The van der Waals surface area contributed by atoms with E-state index in [-0.39, 0.29) is 11.6 Å². The van der Waals surface area contributed by atoms with Crippen molar-refractivity contribution >= 4 is 23.4 Å². The zero-order valence-electron chi connectivity index (χ0n) is 18.6. The lowest BCUT2D eigenvalue weighted by Crippen LogP contribution is -2.22. The SMILES string of the molecule is Cc1ccc(C)c(NC(=O)C(Sc2n[nH]c(=O)n2CCc2ccccc2)c2ccccc2)c1. The normalized spacial score (nSPS) is 11.8. The zero-order valence-corrected chi connectivity index (χ0v) is 19.4. The standard InChI is InChI=1S/C26H26N4O2S/c1-18-13-14-19(2)22(17-18)27-24(31)23(21-11-7-4-8-12-21)33-26-29-28-25(32)30(26)16-15-20-9-5-3-6-10-20/h3-14,17,23H,15-16H2,1-2H3,(H,27,31)(H,28,32). The maximum Gasteiger partial charge on any atom is 0.343 e. The summed E-state index contributed by atoms with van der Waals surface area (Å²) in [7, 11) is 0. The van der Waals surface area contributed by atoms with Crippen LogP contribution in [0.2, 0.25) is 0 Å². The van der Waals surface area contributed by atoms with Crippen molar-refractivity contribution in [1.29, 1.82) is 0 Å². The Morgan fingerprint density at radius 1 is 1.03 bits per heavy atom. The molecule has 33 heavy (non-hydrogen) atoms. The third kappa shape index (κ3) is 5.62. The first-order valence-electron chi connectivity index (χ1n) is 10.8. The van der Waals surface area contributed by atoms with Crippen LogP contribution in [0.4, 0.5) is 5.69 Å². The number of aromatic nitrogens is 3. The largest absolute Gasteiger partial charge is 0.343 e. The van der Waals surface area contributed by atoms with Crippen molar-refractivity contribution in [1.82, 2.24) is 14.8 Å². The fourth-order valence-corrected chi connectivity index (χ4v) is 4.62. The minimum atomic E-state index is -0.572. The Morgan fingerprint density at radius 3 is 2.45 bits per heavy atom. The van der Waals surface area contributed by atoms with E-state index in [1.165, 1.54) is 11.8 Å². The average molecular weight is 459 g/mol. The summed E-state index contributed by atoms with van der Waals surface area (Å²) in [6.45, 7) is 4.43. The van der Waals surface area contributed by atoms with Crippen LogP contribution < -0.4 is 11.0 Å². The first-order valence-corrected chi connectivity index (χ1v) is 11.7. The molecule has 2 N–H and O–H groups in total. The molecule has 1 aromatic heterocycles. The summed E-state index contributed by atoms with van der Waals surface area (Å²) in [4.78, 5) is 25.9. The van der Waals surface area contributed by atoms with Crippen LogP contribution in [-0.4, -0.2) is 20.7 Å². The average Bonchev–Trinajstić information content (AvgIpc) is 3.18. The lowest BCUT2D eigenvalue weighted by molar-refractivity contribution is -0.115. The lowest BCUT2D eigenvalue weighted by atomic mass is 10.1. The molecule has 4 rings (SSSR count). The highest BCUT2D eigenvalue weighted by molar-refractivity contribution is 8.00. The number of benzene rings is 3. The maximum absolute atomic E-state index is 13.4. The summed E-state index contributed by atoms with van der Waals surface area (Å²) < 4.78 is 1.60. The number of hydrogen-bond donors (Lipinski definition) is 2. The number of nitrogens with one attached hydrogen (secondary N) is 2. The molecule has 1 heterocycles. The van der Waals surface area contributed by atoms with Crippen molar-refractivity contribution in [2.45, 2.75) is 37.2 Å². The molecule has 0 aliphatic carbocycles. The van der Waals surface area contributed by atoms with E-state index in [0.29, 0.717) is 18.1 Å². The van der Waals surface area contributed by atoms with Gasteiger partial charge in [-0.1, -0.05) is 84.6 Å². The van der Waals surface area contributed by atoms with Crippen molar-refractivity contribution in [2.75, 3.05) is 5.32 Å². The number of hydrogen-bond acceptors (Lipinski definition) is 4. The van der Waals surface area contributed by atoms with E-state index < -0.39 is 5.25 Å². The van der Waals surface area contributed by atoms with Gasteiger partial charge < -0.3 is 5.32 Å². The van der Waals surface area contributed by atoms with Gasteiger partial charge in [0.25, 0.3) is 0 Å². The second kappa shape index (κ2) is 10.4. The fourth-order valence-electron chi connectivity index (χ4n) is 3.55. The Morgan fingerprint density at radius 2 is 1.73 bits per heavy atom. The van der Waals surface area contributed by atoms with Crippen LogP contribution in [-0.2, 0) is 17.8 Å². The second-order valence-electron chi connectivity index (χ2n) is 7.91. The molecule has 6 nitrogen and oxygen atoms in total. The molecule has 1 unspecified atom stereocenters. The predicted octanol–water partition coefficient (Wildman–Crippen LogP) is 4.90. The zero-order chi connectivity index (χ0) is 23.2. The summed E-state index contributed by atoms with van der Waals surface area (Å²) >= 11 is 1.27. The van der Waals surface area contributed by atoms with Crippen molar-refractivity contribution < 1.29 is 4.79 Å². The lowest BCUT2D eigenvalue weighted by Gasteiger charge is -2.18. The van der Waals surface area contributed by atoms with Gasteiger partial charge in [-0.3, -0.25) is 9.36 Å². The third-order valence-corrected chi connectivity index (χ3v) is 6.65. The molecule has 0 aliphatic heterocycles. The van der Waals surface area contributed by atoms with Gasteiger partial charge in [0.1, 0.15) is 5.25 Å². The van der Waals surface area contributed by atoms with Crippen LogP contribution in [0.25, 0.3) is 0 Å². The molecular formula is C26H26N4O2S. The minimum absolute atomic E-state index is 0.162. The number of aromatic amines is 1. The summed E-state index contributed by atoms with van der Waals surface area (Å²) in [5.74, 6) is -0.162. The fraction of sp³-hybridized carbons (Fsp3) is 0.192. The molecule has 7 heteroatoms. The van der Waals surface area contributed by atoms with Crippen LogP contribution in [0, 0.1) is 13.8 Å². The Labute approximate surface area is 197 Å². The number of rotatable bonds is 8. The molecule has 0 fully saturated rings. The van der Waals surface area contributed by atoms with Gasteiger partial charge in [0.2, 0.25) is 5.91 Å². The van der Waals surface area contributed by atoms with Gasteiger partial charge in [-0.05, 0) is 48.6 Å². The van der Waals surface area contributed by atoms with Crippen molar-refractivity contribution in [3.8, 4) is 0 Å². The van der Waals surface area contributed by atoms with Crippen molar-refractivity contribution in [3.05, 3.63) is 112 Å². The number of aryl methyl sites for hydroxylation is 3. The number of carbonyl (C=O) groups is 1. The highest BCUT2D eigenvalue weighted by atomic mass is 32.2. The number of amides is 1. The van der Waals surface area contributed by atoms with Crippen LogP contribution in [0.5, 0.6) is 0 Å². The molecule has 1 atom stereocenters. The first-order chi connectivity index (χ1) is 16.0. The molecule has 0 radical (unpaired) electrons. The van der Waals surface area contributed by atoms with E-state index in [9.17, 15) is 9.59 Å². The first kappa shape index (κ1) is 22.6. The van der Waals surface area contributed by atoms with E-state index in [1.807, 2.05) is 92.7 Å². The van der Waals surface area contributed by atoms with Gasteiger partial charge in [-0.2, -0.15) is 0 Å². The van der Waals surface area contributed by atoms with Crippen molar-refractivity contribution in [2.24, 2.45) is 0 Å². The van der Waals surface area contributed by atoms with Gasteiger partial charge in [0.05, 0.1) is 0 Å². The highest BCUT2D eigenvalue weighted by Crippen LogP contribution is 2.35. The third-order valence-electron chi connectivity index (χ3n) is 5.40. The van der Waals surface area contributed by atoms with E-state index in [1.54, 1.807) is 4.57 Å². The predicted molar refractivity (Wildman–Crippen MR) is 133 cm³/mol. The van der Waals surface area contributed by atoms with E-state index >= 15 is 0 Å². The molecule has 168 valence electrons. The van der Waals surface area contributed by atoms with Gasteiger partial charge >= 0.3 is 5.69 Å². The summed E-state index contributed by atoms with van der Waals surface area (Å²) in [5, 5.41) is 9.75. The summed E-state index contributed by atoms with van der Waals surface area (Å²) in [6.07, 6.45) is 0.693. The van der Waals surface area contributed by atoms with E-state index in [0.717, 1.165) is 27.9 Å².